The molecule has 0 aromatic carbocycles. The summed E-state index contributed by atoms with van der Waals surface area (Å²) < 4.78 is 1.73. The predicted molar refractivity (Wildman–Crippen MR) is 101 cm³/mol. The van der Waals surface area contributed by atoms with E-state index in [4.69, 9.17) is 5.73 Å². The van der Waals surface area contributed by atoms with Crippen LogP contribution in [0.25, 0.3) is 28.2 Å². The molecule has 27 heavy (non-hydrogen) atoms. The summed E-state index contributed by atoms with van der Waals surface area (Å²) in [4.78, 5) is 20.6. The summed E-state index contributed by atoms with van der Waals surface area (Å²) >= 11 is 0. The standard InChI is InChI=1S/C20H18N6O/c1-11-3-2-4-14(23-11)19-17(18(24-25-19)12-5-6-12)13-7-8-16-22-9-15(20(21)27)26(16)10-13/h2-4,7-10,12H,5-6H2,1H3,(H2,21,27)(H,24,25). The van der Waals surface area contributed by atoms with Crippen molar-refractivity contribution in [2.75, 3.05) is 0 Å². The quantitative estimate of drug-likeness (QED) is 0.585. The third kappa shape index (κ3) is 2.59. The smallest absolute Gasteiger partial charge is 0.267 e. The number of carbonyl (C=O) groups is 1. The number of carbonyl (C=O) groups excluding carboxylic acids is 1. The number of nitrogens with zero attached hydrogens (tertiary/aromatic N) is 4. The molecule has 4 heterocycles. The molecule has 0 atom stereocenters. The molecule has 0 radical (unpaired) electrons. The molecule has 7 nitrogen and oxygen atoms in total. The number of amides is 1. The van der Waals surface area contributed by atoms with Crippen molar-refractivity contribution in [3.63, 3.8) is 0 Å². The Bertz CT molecular complexity index is 1180. The van der Waals surface area contributed by atoms with Crippen LogP contribution in [0.15, 0.2) is 42.7 Å². The van der Waals surface area contributed by atoms with Gasteiger partial charge in [-0.05, 0) is 44.0 Å². The Morgan fingerprint density at radius 2 is 2.11 bits per heavy atom. The molecule has 0 aliphatic heterocycles. The average Bonchev–Trinajstić information content (AvgIpc) is 3.26. The van der Waals surface area contributed by atoms with Crippen molar-refractivity contribution in [2.24, 2.45) is 5.73 Å². The number of imidazole rings is 1. The number of fused-ring (bicyclic) bond motifs is 1. The average molecular weight is 358 g/mol. The van der Waals surface area contributed by atoms with Crippen LogP contribution in [0.5, 0.6) is 0 Å². The van der Waals surface area contributed by atoms with Gasteiger partial charge in [-0.2, -0.15) is 5.10 Å². The fraction of sp³-hybridized carbons (Fsp3) is 0.200. The van der Waals surface area contributed by atoms with Crippen molar-refractivity contribution in [3.05, 3.63) is 59.8 Å². The molecule has 0 bridgehead atoms. The molecule has 134 valence electrons. The van der Waals surface area contributed by atoms with Crippen LogP contribution in [0, 0.1) is 6.92 Å². The Labute approximate surface area is 155 Å². The number of aryl methyl sites for hydroxylation is 1. The molecule has 4 aromatic rings. The first-order chi connectivity index (χ1) is 13.1. The fourth-order valence-electron chi connectivity index (χ4n) is 3.49. The van der Waals surface area contributed by atoms with E-state index < -0.39 is 5.91 Å². The van der Waals surface area contributed by atoms with E-state index in [-0.39, 0.29) is 0 Å². The van der Waals surface area contributed by atoms with Crippen LogP contribution in [-0.4, -0.2) is 30.5 Å². The number of hydrogen-bond donors (Lipinski definition) is 2. The highest BCUT2D eigenvalue weighted by Crippen LogP contribution is 2.46. The van der Waals surface area contributed by atoms with Gasteiger partial charge in [-0.15, -0.1) is 0 Å². The van der Waals surface area contributed by atoms with E-state index in [9.17, 15) is 4.79 Å². The lowest BCUT2D eigenvalue weighted by Gasteiger charge is -2.08. The van der Waals surface area contributed by atoms with Gasteiger partial charge in [0, 0.05) is 34.6 Å². The minimum atomic E-state index is -0.505. The van der Waals surface area contributed by atoms with Crippen molar-refractivity contribution in [3.8, 4) is 22.5 Å². The maximum Gasteiger partial charge on any atom is 0.267 e. The normalized spacial score (nSPS) is 14.0. The number of primary amides is 1. The van der Waals surface area contributed by atoms with Crippen molar-refractivity contribution < 1.29 is 4.79 Å². The van der Waals surface area contributed by atoms with Gasteiger partial charge in [-0.25, -0.2) is 4.98 Å². The number of hydrogen-bond acceptors (Lipinski definition) is 4. The summed E-state index contributed by atoms with van der Waals surface area (Å²) in [5.74, 6) is -0.0185. The highest BCUT2D eigenvalue weighted by atomic mass is 16.1. The van der Waals surface area contributed by atoms with E-state index in [0.717, 1.165) is 46.7 Å². The first kappa shape index (κ1) is 15.7. The van der Waals surface area contributed by atoms with E-state index in [1.54, 1.807) is 4.40 Å². The first-order valence-electron chi connectivity index (χ1n) is 8.91. The molecule has 1 amide bonds. The van der Waals surface area contributed by atoms with Gasteiger partial charge in [0.15, 0.2) is 0 Å². The highest BCUT2D eigenvalue weighted by Gasteiger charge is 2.31. The van der Waals surface area contributed by atoms with Crippen LogP contribution in [0.1, 0.15) is 40.6 Å². The Balaban J connectivity index is 1.74. The molecule has 0 unspecified atom stereocenters. The van der Waals surface area contributed by atoms with Crippen LogP contribution in [0.3, 0.4) is 0 Å². The predicted octanol–water partition coefficient (Wildman–Crippen LogP) is 3.07. The molecule has 1 aliphatic carbocycles. The Kier molecular flexibility index (Phi) is 3.36. The van der Waals surface area contributed by atoms with E-state index in [0.29, 0.717) is 17.3 Å². The number of nitrogens with one attached hydrogen (secondary N) is 1. The summed E-state index contributed by atoms with van der Waals surface area (Å²) in [6.07, 6.45) is 5.70. The molecular weight excluding hydrogens is 340 g/mol. The second-order valence-corrected chi connectivity index (χ2v) is 6.95. The molecule has 1 aliphatic rings. The number of aromatic nitrogens is 5. The summed E-state index contributed by atoms with van der Waals surface area (Å²) in [5.41, 5.74) is 12.2. The van der Waals surface area contributed by atoms with Gasteiger partial charge < -0.3 is 5.73 Å². The van der Waals surface area contributed by atoms with Crippen molar-refractivity contribution in [1.82, 2.24) is 24.6 Å². The van der Waals surface area contributed by atoms with Gasteiger partial charge in [0.1, 0.15) is 17.0 Å². The number of pyridine rings is 2. The number of H-pyrrole nitrogens is 1. The number of rotatable bonds is 4. The third-order valence-corrected chi connectivity index (χ3v) is 4.96. The van der Waals surface area contributed by atoms with Crippen molar-refractivity contribution in [1.29, 1.82) is 0 Å². The second-order valence-electron chi connectivity index (χ2n) is 6.95. The zero-order valence-electron chi connectivity index (χ0n) is 14.8. The second kappa shape index (κ2) is 5.77. The molecule has 0 spiro atoms. The van der Waals surface area contributed by atoms with Crippen molar-refractivity contribution in [2.45, 2.75) is 25.7 Å². The van der Waals surface area contributed by atoms with Crippen LogP contribution >= 0.6 is 0 Å². The molecule has 1 saturated carbocycles. The van der Waals surface area contributed by atoms with Gasteiger partial charge in [0.2, 0.25) is 0 Å². The largest absolute Gasteiger partial charge is 0.364 e. The van der Waals surface area contributed by atoms with E-state index in [1.807, 2.05) is 43.5 Å². The maximum absolute atomic E-state index is 11.7. The van der Waals surface area contributed by atoms with Crippen molar-refractivity contribution >= 4 is 11.6 Å². The van der Waals surface area contributed by atoms with Crippen LogP contribution in [0.2, 0.25) is 0 Å². The van der Waals surface area contributed by atoms with Gasteiger partial charge >= 0.3 is 0 Å². The lowest BCUT2D eigenvalue weighted by molar-refractivity contribution is 0.0995. The van der Waals surface area contributed by atoms with E-state index in [2.05, 4.69) is 20.2 Å². The van der Waals surface area contributed by atoms with Gasteiger partial charge in [0.05, 0.1) is 11.9 Å². The Morgan fingerprint density at radius 3 is 2.85 bits per heavy atom. The molecule has 7 heteroatoms. The van der Waals surface area contributed by atoms with Crippen LogP contribution in [-0.2, 0) is 0 Å². The monoisotopic (exact) mass is 358 g/mol. The van der Waals surface area contributed by atoms with Gasteiger partial charge in [-0.3, -0.25) is 19.3 Å². The summed E-state index contributed by atoms with van der Waals surface area (Å²) in [6, 6.07) is 9.81. The third-order valence-electron chi connectivity index (χ3n) is 4.96. The highest BCUT2D eigenvalue weighted by molar-refractivity contribution is 5.92. The summed E-state index contributed by atoms with van der Waals surface area (Å²) in [6.45, 7) is 1.97. The van der Waals surface area contributed by atoms with Gasteiger partial charge in [0.25, 0.3) is 5.91 Å². The minimum absolute atomic E-state index is 0.360. The van der Waals surface area contributed by atoms with Gasteiger partial charge in [-0.1, -0.05) is 6.07 Å². The maximum atomic E-state index is 11.7. The lowest BCUT2D eigenvalue weighted by atomic mass is 10.0. The molecule has 0 saturated heterocycles. The van der Waals surface area contributed by atoms with E-state index in [1.165, 1.54) is 6.20 Å². The SMILES string of the molecule is Cc1cccc(-c2n[nH]c(C3CC3)c2-c2ccc3ncc(C(N)=O)n3c2)n1. The summed E-state index contributed by atoms with van der Waals surface area (Å²) in [7, 11) is 0. The molecule has 3 N–H and O–H groups in total. The fourth-order valence-corrected chi connectivity index (χ4v) is 3.49. The zero-order chi connectivity index (χ0) is 18.5. The molecule has 1 fully saturated rings. The Hall–Kier alpha value is -3.48. The summed E-state index contributed by atoms with van der Waals surface area (Å²) in [5, 5.41) is 7.81. The van der Waals surface area contributed by atoms with Crippen LogP contribution < -0.4 is 5.73 Å². The van der Waals surface area contributed by atoms with Crippen LogP contribution in [0.4, 0.5) is 0 Å². The Morgan fingerprint density at radius 1 is 1.26 bits per heavy atom. The lowest BCUT2D eigenvalue weighted by Crippen LogP contribution is -2.13. The minimum Gasteiger partial charge on any atom is -0.364 e. The number of aromatic amines is 1. The number of nitrogens with two attached hydrogens (primary N) is 1. The topological polar surface area (TPSA) is 102 Å². The zero-order valence-corrected chi connectivity index (χ0v) is 14.8. The molecule has 4 aromatic heterocycles. The first-order valence-corrected chi connectivity index (χ1v) is 8.91. The van der Waals surface area contributed by atoms with E-state index >= 15 is 0 Å². The molecular formula is C20H18N6O. The molecule has 5 rings (SSSR count).